The number of hydrogen-bond donors (Lipinski definition) is 3. The minimum absolute atomic E-state index is 0.00614. The second-order valence-electron chi connectivity index (χ2n) is 5.33. The lowest BCUT2D eigenvalue weighted by Gasteiger charge is -2.22. The Labute approximate surface area is 107 Å². The Bertz CT molecular complexity index is 417. The fraction of sp³-hybridized carbons (Fsp3) is 0.692. The summed E-state index contributed by atoms with van der Waals surface area (Å²) in [6, 6.07) is 0.963. The second kappa shape index (κ2) is 4.72. The molecular weight excluding hydrogens is 228 g/mol. The lowest BCUT2D eigenvalue weighted by Crippen LogP contribution is -2.39. The van der Waals surface area contributed by atoms with Gasteiger partial charge in [-0.2, -0.15) is 0 Å². The predicted molar refractivity (Wildman–Crippen MR) is 67.8 cm³/mol. The van der Waals surface area contributed by atoms with Crippen molar-refractivity contribution in [3.8, 4) is 0 Å². The normalized spacial score (nSPS) is 31.5. The molecule has 2 bridgehead atoms. The summed E-state index contributed by atoms with van der Waals surface area (Å²) in [5.41, 5.74) is 0. The molecule has 4 unspecified atom stereocenters. The van der Waals surface area contributed by atoms with E-state index in [-0.39, 0.29) is 17.9 Å². The lowest BCUT2D eigenvalue weighted by atomic mass is 9.88. The van der Waals surface area contributed by atoms with Crippen molar-refractivity contribution in [2.75, 3.05) is 0 Å². The summed E-state index contributed by atoms with van der Waals surface area (Å²) >= 11 is 0. The maximum atomic E-state index is 12.3. The molecule has 4 atom stereocenters. The number of amides is 1. The Morgan fingerprint density at radius 3 is 3.06 bits per heavy atom. The van der Waals surface area contributed by atoms with Crippen molar-refractivity contribution >= 4 is 5.91 Å². The maximum absolute atomic E-state index is 12.3. The van der Waals surface area contributed by atoms with Crippen LogP contribution in [0.15, 0.2) is 12.4 Å². The van der Waals surface area contributed by atoms with Gasteiger partial charge < -0.3 is 15.6 Å². The molecule has 5 nitrogen and oxygen atoms in total. The van der Waals surface area contributed by atoms with Gasteiger partial charge in [0.25, 0.3) is 0 Å². The van der Waals surface area contributed by atoms with Gasteiger partial charge in [-0.15, -0.1) is 0 Å². The molecule has 2 aliphatic rings. The van der Waals surface area contributed by atoms with E-state index in [1.165, 1.54) is 6.42 Å². The highest BCUT2D eigenvalue weighted by atomic mass is 16.2. The van der Waals surface area contributed by atoms with E-state index in [4.69, 9.17) is 0 Å². The Kier molecular flexibility index (Phi) is 3.07. The molecule has 3 N–H and O–H groups in total. The standard InChI is InChI=1S/C13H20N4O/c1-2-10(12-14-5-6-15-12)17-13(18)9-7-8-3-4-11(9)16-8/h5-6,8-11,16H,2-4,7H2,1H3,(H,14,15)(H,17,18). The largest absolute Gasteiger partial charge is 0.347 e. The maximum Gasteiger partial charge on any atom is 0.225 e. The number of fused-ring (bicyclic) bond motifs is 2. The highest BCUT2D eigenvalue weighted by molar-refractivity contribution is 5.80. The van der Waals surface area contributed by atoms with E-state index in [0.29, 0.717) is 12.1 Å². The number of nitrogens with zero attached hydrogens (tertiary/aromatic N) is 1. The molecule has 3 heterocycles. The average Bonchev–Trinajstić information content (AvgIpc) is 3.10. The van der Waals surface area contributed by atoms with Crippen molar-refractivity contribution in [3.63, 3.8) is 0 Å². The zero-order valence-electron chi connectivity index (χ0n) is 10.6. The highest BCUT2D eigenvalue weighted by Gasteiger charge is 2.43. The van der Waals surface area contributed by atoms with Crippen molar-refractivity contribution in [1.29, 1.82) is 0 Å². The molecular formula is C13H20N4O. The SMILES string of the molecule is CCC(NC(=O)C1CC2CCC1N2)c1ncc[nH]1. The van der Waals surface area contributed by atoms with Crippen LogP contribution in [0, 0.1) is 5.92 Å². The van der Waals surface area contributed by atoms with Crippen LogP contribution >= 0.6 is 0 Å². The number of H-pyrrole nitrogens is 1. The number of aromatic amines is 1. The number of rotatable bonds is 4. The number of carbonyl (C=O) groups is 1. The van der Waals surface area contributed by atoms with E-state index in [1.54, 1.807) is 12.4 Å². The van der Waals surface area contributed by atoms with E-state index in [9.17, 15) is 4.79 Å². The molecule has 3 rings (SSSR count). The molecule has 1 aromatic heterocycles. The van der Waals surface area contributed by atoms with Crippen LogP contribution < -0.4 is 10.6 Å². The summed E-state index contributed by atoms with van der Waals surface area (Å²) in [6.07, 6.45) is 7.73. The van der Waals surface area contributed by atoms with Gasteiger partial charge in [0.05, 0.1) is 12.0 Å². The molecule has 2 saturated heterocycles. The summed E-state index contributed by atoms with van der Waals surface area (Å²) < 4.78 is 0. The number of imidazole rings is 1. The van der Waals surface area contributed by atoms with Crippen LogP contribution in [0.1, 0.15) is 44.5 Å². The first kappa shape index (κ1) is 11.7. The van der Waals surface area contributed by atoms with Gasteiger partial charge in [0.1, 0.15) is 5.82 Å². The molecule has 0 aliphatic carbocycles. The van der Waals surface area contributed by atoms with Crippen LogP contribution in [-0.4, -0.2) is 28.0 Å². The fourth-order valence-corrected chi connectivity index (χ4v) is 3.22. The number of hydrogen-bond acceptors (Lipinski definition) is 3. The smallest absolute Gasteiger partial charge is 0.225 e. The van der Waals surface area contributed by atoms with Gasteiger partial charge in [0.2, 0.25) is 5.91 Å². The van der Waals surface area contributed by atoms with E-state index in [1.807, 2.05) is 0 Å². The summed E-state index contributed by atoms with van der Waals surface area (Å²) in [7, 11) is 0. The minimum Gasteiger partial charge on any atom is -0.347 e. The van der Waals surface area contributed by atoms with Crippen molar-refractivity contribution in [2.45, 2.75) is 50.7 Å². The van der Waals surface area contributed by atoms with Gasteiger partial charge in [-0.25, -0.2) is 4.98 Å². The first-order valence-corrected chi connectivity index (χ1v) is 6.83. The minimum atomic E-state index is 0.00614. The molecule has 5 heteroatoms. The zero-order valence-corrected chi connectivity index (χ0v) is 10.6. The van der Waals surface area contributed by atoms with Crippen molar-refractivity contribution in [2.24, 2.45) is 5.92 Å². The zero-order chi connectivity index (χ0) is 12.5. The molecule has 18 heavy (non-hydrogen) atoms. The van der Waals surface area contributed by atoms with Crippen LogP contribution in [-0.2, 0) is 4.79 Å². The molecule has 0 spiro atoms. The van der Waals surface area contributed by atoms with Crippen LogP contribution in [0.4, 0.5) is 0 Å². The Hall–Kier alpha value is -1.36. The molecule has 1 amide bonds. The number of carbonyl (C=O) groups excluding carboxylic acids is 1. The molecule has 1 aromatic rings. The average molecular weight is 248 g/mol. The predicted octanol–water partition coefficient (Wildman–Crippen LogP) is 1.12. The van der Waals surface area contributed by atoms with E-state index in [2.05, 4.69) is 27.5 Å². The molecule has 0 saturated carbocycles. The van der Waals surface area contributed by atoms with E-state index < -0.39 is 0 Å². The topological polar surface area (TPSA) is 69.8 Å². The monoisotopic (exact) mass is 248 g/mol. The van der Waals surface area contributed by atoms with E-state index in [0.717, 1.165) is 25.1 Å². The third-order valence-corrected chi connectivity index (χ3v) is 4.21. The Balaban J connectivity index is 1.63. The molecule has 0 aromatic carbocycles. The second-order valence-corrected chi connectivity index (χ2v) is 5.33. The van der Waals surface area contributed by atoms with Gasteiger partial charge in [0, 0.05) is 24.5 Å². The molecule has 2 fully saturated rings. The molecule has 0 radical (unpaired) electrons. The van der Waals surface area contributed by atoms with Crippen molar-refractivity contribution < 1.29 is 4.79 Å². The Morgan fingerprint density at radius 1 is 1.61 bits per heavy atom. The first-order chi connectivity index (χ1) is 8.78. The number of nitrogens with one attached hydrogen (secondary N) is 3. The van der Waals surface area contributed by atoms with Gasteiger partial charge in [-0.05, 0) is 25.7 Å². The summed E-state index contributed by atoms with van der Waals surface area (Å²) in [4.78, 5) is 19.6. The summed E-state index contributed by atoms with van der Waals surface area (Å²) in [6.45, 7) is 2.06. The van der Waals surface area contributed by atoms with Crippen LogP contribution in [0.2, 0.25) is 0 Å². The van der Waals surface area contributed by atoms with Gasteiger partial charge in [-0.1, -0.05) is 6.92 Å². The van der Waals surface area contributed by atoms with Crippen LogP contribution in [0.25, 0.3) is 0 Å². The summed E-state index contributed by atoms with van der Waals surface area (Å²) in [5, 5.41) is 6.62. The third kappa shape index (κ3) is 2.03. The third-order valence-electron chi connectivity index (χ3n) is 4.21. The Morgan fingerprint density at radius 2 is 2.50 bits per heavy atom. The molecule has 98 valence electrons. The first-order valence-electron chi connectivity index (χ1n) is 6.83. The van der Waals surface area contributed by atoms with Crippen molar-refractivity contribution in [3.05, 3.63) is 18.2 Å². The van der Waals surface area contributed by atoms with Gasteiger partial charge in [0.15, 0.2) is 0 Å². The van der Waals surface area contributed by atoms with Gasteiger partial charge >= 0.3 is 0 Å². The quantitative estimate of drug-likeness (QED) is 0.748. The van der Waals surface area contributed by atoms with Gasteiger partial charge in [-0.3, -0.25) is 4.79 Å². The van der Waals surface area contributed by atoms with Crippen molar-refractivity contribution in [1.82, 2.24) is 20.6 Å². The highest BCUT2D eigenvalue weighted by Crippen LogP contribution is 2.33. The fourth-order valence-electron chi connectivity index (χ4n) is 3.22. The van der Waals surface area contributed by atoms with E-state index >= 15 is 0 Å². The number of aromatic nitrogens is 2. The summed E-state index contributed by atoms with van der Waals surface area (Å²) in [5.74, 6) is 1.17. The van der Waals surface area contributed by atoms with Crippen LogP contribution in [0.5, 0.6) is 0 Å². The van der Waals surface area contributed by atoms with Crippen LogP contribution in [0.3, 0.4) is 0 Å². The molecule has 2 aliphatic heterocycles. The lowest BCUT2D eigenvalue weighted by molar-refractivity contribution is -0.126.